The summed E-state index contributed by atoms with van der Waals surface area (Å²) in [7, 11) is 0. The molecule has 0 spiro atoms. The fraction of sp³-hybridized carbons (Fsp3) is 0.222. The van der Waals surface area contributed by atoms with Gasteiger partial charge < -0.3 is 16.0 Å². The quantitative estimate of drug-likeness (QED) is 0.689. The summed E-state index contributed by atoms with van der Waals surface area (Å²) >= 11 is 1.50. The van der Waals surface area contributed by atoms with Crippen LogP contribution in [0.1, 0.15) is 27.0 Å². The Bertz CT molecular complexity index is 735. The molecule has 0 unspecified atom stereocenters. The van der Waals surface area contributed by atoms with Crippen molar-refractivity contribution in [2.24, 2.45) is 0 Å². The third kappa shape index (κ3) is 4.70. The number of amides is 3. The number of aryl methyl sites for hydroxylation is 2. The van der Waals surface area contributed by atoms with E-state index in [9.17, 15) is 9.59 Å². The van der Waals surface area contributed by atoms with Gasteiger partial charge in [-0.25, -0.2) is 4.79 Å². The Labute approximate surface area is 145 Å². The molecule has 0 fully saturated rings. The van der Waals surface area contributed by atoms with Crippen LogP contribution in [0.3, 0.4) is 0 Å². The molecule has 0 aliphatic rings. The summed E-state index contributed by atoms with van der Waals surface area (Å²) in [5.41, 5.74) is 2.53. The maximum absolute atomic E-state index is 12.3. The summed E-state index contributed by atoms with van der Waals surface area (Å²) in [6.07, 6.45) is 2.53. The van der Waals surface area contributed by atoms with Crippen LogP contribution in [0, 0.1) is 6.92 Å². The molecule has 1 aromatic carbocycles. The largest absolute Gasteiger partial charge is 0.334 e. The van der Waals surface area contributed by atoms with Crippen LogP contribution in [-0.2, 0) is 6.42 Å². The number of urea groups is 1. The molecule has 0 bridgehead atoms. The van der Waals surface area contributed by atoms with Gasteiger partial charge in [0.25, 0.3) is 5.91 Å². The van der Waals surface area contributed by atoms with E-state index < -0.39 is 0 Å². The number of carbonyl (C=O) groups excluding carboxylic acids is 2. The smallest absolute Gasteiger partial charge is 0.319 e. The maximum atomic E-state index is 12.3. The van der Waals surface area contributed by atoms with Crippen LogP contribution in [-0.4, -0.2) is 18.5 Å². The molecular formula is C18H21N3O2S. The van der Waals surface area contributed by atoms with Gasteiger partial charge in [-0.2, -0.15) is 0 Å². The number of hydrogen-bond acceptors (Lipinski definition) is 3. The van der Waals surface area contributed by atoms with Crippen molar-refractivity contribution in [1.29, 1.82) is 0 Å². The van der Waals surface area contributed by atoms with Gasteiger partial charge in [0.05, 0.1) is 4.88 Å². The van der Waals surface area contributed by atoms with E-state index >= 15 is 0 Å². The Morgan fingerprint density at radius 3 is 2.33 bits per heavy atom. The van der Waals surface area contributed by atoms with Crippen LogP contribution in [0.15, 0.2) is 43.0 Å². The molecule has 2 aromatic rings. The second-order valence-electron chi connectivity index (χ2n) is 5.20. The first-order chi connectivity index (χ1) is 11.5. The fourth-order valence-electron chi connectivity index (χ4n) is 2.15. The lowest BCUT2D eigenvalue weighted by atomic mass is 10.2. The van der Waals surface area contributed by atoms with Crippen LogP contribution in [0.2, 0.25) is 0 Å². The Kier molecular flexibility index (Phi) is 6.14. The predicted molar refractivity (Wildman–Crippen MR) is 100 cm³/mol. The summed E-state index contributed by atoms with van der Waals surface area (Å²) < 4.78 is 0. The molecule has 5 nitrogen and oxygen atoms in total. The molecule has 0 radical (unpaired) electrons. The number of anilines is 2. The van der Waals surface area contributed by atoms with Gasteiger partial charge in [-0.05, 0) is 49.2 Å². The number of hydrogen-bond donors (Lipinski definition) is 3. The second kappa shape index (κ2) is 8.31. The molecule has 6 heteroatoms. The van der Waals surface area contributed by atoms with Crippen molar-refractivity contribution in [3.63, 3.8) is 0 Å². The van der Waals surface area contributed by atoms with Crippen LogP contribution in [0.4, 0.5) is 16.2 Å². The molecule has 3 amide bonds. The van der Waals surface area contributed by atoms with Gasteiger partial charge in [0.1, 0.15) is 0 Å². The van der Waals surface area contributed by atoms with Crippen molar-refractivity contribution in [3.8, 4) is 0 Å². The van der Waals surface area contributed by atoms with Crippen molar-refractivity contribution in [2.45, 2.75) is 20.3 Å². The normalized spacial score (nSPS) is 10.1. The number of thiophene rings is 1. The van der Waals surface area contributed by atoms with Gasteiger partial charge >= 0.3 is 6.03 Å². The van der Waals surface area contributed by atoms with Crippen LogP contribution < -0.4 is 16.0 Å². The summed E-state index contributed by atoms with van der Waals surface area (Å²) in [5, 5.41) is 8.19. The van der Waals surface area contributed by atoms with E-state index in [1.54, 1.807) is 30.3 Å². The van der Waals surface area contributed by atoms with E-state index in [2.05, 4.69) is 29.5 Å². The van der Waals surface area contributed by atoms with E-state index in [-0.39, 0.29) is 11.9 Å². The molecule has 1 aromatic heterocycles. The highest BCUT2D eigenvalue weighted by Crippen LogP contribution is 2.23. The molecule has 0 atom stereocenters. The van der Waals surface area contributed by atoms with E-state index in [1.807, 2.05) is 13.0 Å². The zero-order valence-corrected chi connectivity index (χ0v) is 14.6. The van der Waals surface area contributed by atoms with E-state index in [1.165, 1.54) is 21.8 Å². The molecule has 0 aliphatic carbocycles. The van der Waals surface area contributed by atoms with Gasteiger partial charge in [-0.1, -0.05) is 13.0 Å². The van der Waals surface area contributed by atoms with Crippen molar-refractivity contribution < 1.29 is 9.59 Å². The maximum Gasteiger partial charge on any atom is 0.319 e. The van der Waals surface area contributed by atoms with Gasteiger partial charge in [0.15, 0.2) is 0 Å². The first kappa shape index (κ1) is 17.7. The molecular weight excluding hydrogens is 322 g/mol. The predicted octanol–water partition coefficient (Wildman–Crippen LogP) is 4.18. The van der Waals surface area contributed by atoms with Gasteiger partial charge in [0, 0.05) is 22.8 Å². The van der Waals surface area contributed by atoms with Crippen LogP contribution in [0.25, 0.3) is 0 Å². The monoisotopic (exact) mass is 343 g/mol. The Morgan fingerprint density at radius 2 is 1.79 bits per heavy atom. The van der Waals surface area contributed by atoms with Gasteiger partial charge in [-0.3, -0.25) is 4.79 Å². The molecule has 0 aliphatic heterocycles. The molecule has 126 valence electrons. The van der Waals surface area contributed by atoms with Gasteiger partial charge in [0.2, 0.25) is 0 Å². The highest BCUT2D eigenvalue weighted by Gasteiger charge is 2.12. The molecule has 0 saturated heterocycles. The van der Waals surface area contributed by atoms with E-state index in [0.29, 0.717) is 22.8 Å². The minimum atomic E-state index is -0.298. The van der Waals surface area contributed by atoms with Crippen molar-refractivity contribution >= 4 is 34.6 Å². The Hall–Kier alpha value is -2.60. The summed E-state index contributed by atoms with van der Waals surface area (Å²) in [5.74, 6) is -0.118. The summed E-state index contributed by atoms with van der Waals surface area (Å²) in [6, 6.07) is 8.62. The lowest BCUT2D eigenvalue weighted by molar-refractivity contribution is 0.103. The third-order valence-electron chi connectivity index (χ3n) is 3.43. The first-order valence-electron chi connectivity index (χ1n) is 7.70. The average molecular weight is 343 g/mol. The number of benzene rings is 1. The third-order valence-corrected chi connectivity index (χ3v) is 4.52. The minimum Gasteiger partial charge on any atom is -0.334 e. The first-order valence-corrected chi connectivity index (χ1v) is 8.51. The average Bonchev–Trinajstić information content (AvgIpc) is 2.96. The zero-order valence-electron chi connectivity index (χ0n) is 13.8. The topological polar surface area (TPSA) is 70.2 Å². The second-order valence-corrected chi connectivity index (χ2v) is 6.46. The molecule has 0 saturated carbocycles. The highest BCUT2D eigenvalue weighted by molar-refractivity contribution is 7.14. The molecule has 1 heterocycles. The van der Waals surface area contributed by atoms with E-state index in [4.69, 9.17) is 0 Å². The standard InChI is InChI=1S/C18H21N3O2S/c1-4-10-19-18(23)21-15-8-6-14(7-9-15)20-17(22)16-11-13(5-2)12(3)24-16/h4,6-9,11H,1,5,10H2,2-3H3,(H,20,22)(H2,19,21,23). The zero-order chi connectivity index (χ0) is 17.5. The highest BCUT2D eigenvalue weighted by atomic mass is 32.1. The SMILES string of the molecule is C=CCNC(=O)Nc1ccc(NC(=O)c2cc(CC)c(C)s2)cc1. The van der Waals surface area contributed by atoms with Crippen molar-refractivity contribution in [1.82, 2.24) is 5.32 Å². The lowest BCUT2D eigenvalue weighted by Crippen LogP contribution is -2.28. The molecule has 24 heavy (non-hydrogen) atoms. The van der Waals surface area contributed by atoms with Gasteiger partial charge in [-0.15, -0.1) is 17.9 Å². The fourth-order valence-corrected chi connectivity index (χ4v) is 3.16. The molecule has 3 N–H and O–H groups in total. The van der Waals surface area contributed by atoms with Crippen molar-refractivity contribution in [2.75, 3.05) is 17.2 Å². The number of nitrogens with one attached hydrogen (secondary N) is 3. The summed E-state index contributed by atoms with van der Waals surface area (Å²) in [4.78, 5) is 25.7. The summed E-state index contributed by atoms with van der Waals surface area (Å²) in [6.45, 7) is 8.04. The van der Waals surface area contributed by atoms with Crippen LogP contribution >= 0.6 is 11.3 Å². The minimum absolute atomic E-state index is 0.118. The van der Waals surface area contributed by atoms with E-state index in [0.717, 1.165) is 6.42 Å². The molecule has 2 rings (SSSR count). The lowest BCUT2D eigenvalue weighted by Gasteiger charge is -2.08. The Balaban J connectivity index is 1.96. The van der Waals surface area contributed by atoms with Crippen molar-refractivity contribution in [3.05, 3.63) is 58.3 Å². The number of carbonyl (C=O) groups is 2. The Morgan fingerprint density at radius 1 is 1.17 bits per heavy atom. The van der Waals surface area contributed by atoms with Crippen LogP contribution in [0.5, 0.6) is 0 Å². The number of rotatable bonds is 6.